The first-order valence-electron chi connectivity index (χ1n) is 9.59. The molecule has 213 valence electrons. The number of halogens is 7. The van der Waals surface area contributed by atoms with Gasteiger partial charge < -0.3 is 35.8 Å². The maximum Gasteiger partial charge on any atom is 0 e. The Balaban J connectivity index is -0.000000121. The smallest absolute Gasteiger partial charge is 0 e. The van der Waals surface area contributed by atoms with E-state index in [2.05, 4.69) is 89.9 Å². The second kappa shape index (κ2) is 33.3. The molecular weight excluding hydrogens is 999 g/mol. The summed E-state index contributed by atoms with van der Waals surface area (Å²) in [5.74, 6) is 2.52. The van der Waals surface area contributed by atoms with Crippen molar-refractivity contribution < 1.29 is 60.2 Å². The Bertz CT molecular complexity index is 370. The molecule has 0 aromatic carbocycles. The van der Waals surface area contributed by atoms with Crippen LogP contribution in [0.25, 0.3) is 0 Å². The summed E-state index contributed by atoms with van der Waals surface area (Å²) in [4.78, 5) is 0. The predicted molar refractivity (Wildman–Crippen MR) is 161 cm³/mol. The van der Waals surface area contributed by atoms with Crippen LogP contribution >= 0.6 is 92.3 Å². The van der Waals surface area contributed by atoms with Crippen LogP contribution in [-0.2, 0) is 47.0 Å². The van der Waals surface area contributed by atoms with Gasteiger partial charge in [-0.2, -0.15) is 0 Å². The first-order chi connectivity index (χ1) is 15.2. The van der Waals surface area contributed by atoms with Crippen molar-refractivity contribution in [1.29, 1.82) is 0 Å². The zero-order valence-corrected chi connectivity index (χ0v) is 33.8. The maximum atomic E-state index is 5.52. The Hall–Kier alpha value is 4.07. The third kappa shape index (κ3) is 20.9. The number of methoxy groups -OCH3 is 4. The Kier molecular flexibility index (Phi) is 46.8. The van der Waals surface area contributed by atoms with Gasteiger partial charge in [-0.1, -0.05) is 45.7 Å². The van der Waals surface area contributed by atoms with Crippen LogP contribution in [0.15, 0.2) is 0 Å². The zero-order chi connectivity index (χ0) is 25.7. The van der Waals surface area contributed by atoms with Gasteiger partial charge in [-0.05, 0) is 12.8 Å². The van der Waals surface area contributed by atoms with Crippen molar-refractivity contribution in [1.82, 2.24) is 0 Å². The van der Waals surface area contributed by atoms with Gasteiger partial charge >= 0.3 is 50.5 Å². The molecule has 1 unspecified atom stereocenters. The van der Waals surface area contributed by atoms with E-state index < -0.39 is 0 Å². The van der Waals surface area contributed by atoms with E-state index in [-0.39, 0.29) is 66.9 Å². The molecule has 0 amide bonds. The second-order valence-corrected chi connectivity index (χ2v) is 24.5. The predicted octanol–water partition coefficient (Wildman–Crippen LogP) is 4.13. The van der Waals surface area contributed by atoms with E-state index >= 15 is 0 Å². The van der Waals surface area contributed by atoms with Crippen LogP contribution in [0.1, 0.15) is 20.8 Å². The number of ether oxygens (including phenoxy) is 6. The summed E-state index contributed by atoms with van der Waals surface area (Å²) < 4.78 is 32.2. The molecule has 0 aliphatic carbocycles. The molecule has 0 N–H and O–H groups in total. The fourth-order valence-electron chi connectivity index (χ4n) is 3.16. The van der Waals surface area contributed by atoms with Crippen LogP contribution in [0.4, 0.5) is 0 Å². The topological polar surface area (TPSA) is 55.4 Å². The van der Waals surface area contributed by atoms with Gasteiger partial charge in [0.1, 0.15) is 17.2 Å². The van der Waals surface area contributed by atoms with E-state index in [1.54, 1.807) is 28.4 Å². The van der Waals surface area contributed by atoms with Gasteiger partial charge in [-0.3, -0.25) is 0 Å². The van der Waals surface area contributed by atoms with E-state index in [1.165, 1.54) is 0 Å². The van der Waals surface area contributed by atoms with Crippen LogP contribution in [0.5, 0.6) is 0 Å². The number of hydrogen-bond acceptors (Lipinski definition) is 6. The van der Waals surface area contributed by atoms with Crippen molar-refractivity contribution in [2.75, 3.05) is 52.8 Å². The monoisotopic (exact) mass is 1040 g/mol. The summed E-state index contributed by atoms with van der Waals surface area (Å²) >= 11 is 21.2. The minimum absolute atomic E-state index is 0. The zero-order valence-electron chi connectivity index (χ0n) is 21.3. The fourth-order valence-corrected chi connectivity index (χ4v) is 3.61. The van der Waals surface area contributed by atoms with Crippen molar-refractivity contribution in [3.8, 4) is 0 Å². The van der Waals surface area contributed by atoms with Gasteiger partial charge in [0, 0.05) is 58.8 Å². The molecule has 14 heteroatoms. The SMILES string of the molecule is CBr.CO[C@@H]1[C@@H](C)[C@@H](Br)OC[C@H]1OC.CO[C@H]1[C@H](OC)COC(C)[C@@H]1C.ClCCl.I[I-]I.[CH3-].[V]. The van der Waals surface area contributed by atoms with Crippen molar-refractivity contribution in [2.24, 2.45) is 11.8 Å². The molecule has 0 saturated carbocycles. The summed E-state index contributed by atoms with van der Waals surface area (Å²) in [6.45, 7) is 7.52. The third-order valence-electron chi connectivity index (χ3n) is 5.02. The van der Waals surface area contributed by atoms with Gasteiger partial charge in [0.15, 0.2) is 0 Å². The van der Waals surface area contributed by atoms with Gasteiger partial charge in [0.05, 0.1) is 36.9 Å². The number of alkyl halides is 4. The van der Waals surface area contributed by atoms with E-state index in [1.807, 2.05) is 5.83 Å². The minimum atomic E-state index is 0. The molecule has 0 bridgehead atoms. The Labute approximate surface area is 277 Å². The summed E-state index contributed by atoms with van der Waals surface area (Å²) in [7, 11) is 6.81. The fraction of sp³-hybridized carbons (Fsp3) is 0.950. The Morgan fingerprint density at radius 1 is 0.824 bits per heavy atom. The van der Waals surface area contributed by atoms with Crippen molar-refractivity contribution >= 4 is 92.3 Å². The van der Waals surface area contributed by atoms with Gasteiger partial charge in [0.2, 0.25) is 0 Å². The molecule has 0 aromatic rings. The average Bonchev–Trinajstić information content (AvgIpc) is 2.80. The molecule has 2 fully saturated rings. The molecule has 2 aliphatic heterocycles. The molecule has 2 rings (SSSR count). The first kappa shape index (κ1) is 47.8. The van der Waals surface area contributed by atoms with Crippen LogP contribution in [-0.4, -0.2) is 88.4 Å². The van der Waals surface area contributed by atoms with Crippen LogP contribution in [0, 0.1) is 19.3 Å². The minimum Gasteiger partial charge on any atom is -0.358 e. The number of hydrogen-bond donors (Lipinski definition) is 0. The van der Waals surface area contributed by atoms with Crippen molar-refractivity contribution in [2.45, 2.75) is 56.3 Å². The standard InChI is InChI=1S/C9H18O3.C8H15BrO3.CH3Br.CH2Cl2.CH3.I3.V/c1-6-7(2)12-5-8(10-3)9(6)11-4;1-5-7(11-3)6(10-2)4-12-8(5)9;1-2;2-1-3;;1-3-2;/h6-9H,5H2,1-4H3;5-8H,4H2,1-3H3;1H3;1H2;1H3;;/q;;;;2*-1;/t6-,7?,8+,9+;5-,6-,7-,8+;;;;;/m01...../s1. The first-order valence-corrected chi connectivity index (χ1v) is 25.7. The largest absolute Gasteiger partial charge is 0.358 e. The quantitative estimate of drug-likeness (QED) is 0.240. The molecule has 2 heterocycles. The van der Waals surface area contributed by atoms with Gasteiger partial charge in [-0.15, -0.1) is 23.2 Å². The number of rotatable bonds is 4. The van der Waals surface area contributed by atoms with Crippen molar-refractivity contribution in [3.63, 3.8) is 0 Å². The van der Waals surface area contributed by atoms with Crippen LogP contribution in [0.3, 0.4) is 0 Å². The van der Waals surface area contributed by atoms with Crippen molar-refractivity contribution in [3.05, 3.63) is 7.43 Å². The van der Waals surface area contributed by atoms with E-state index in [9.17, 15) is 0 Å². The molecule has 2 aliphatic rings. The molecule has 2 saturated heterocycles. The van der Waals surface area contributed by atoms with E-state index in [0.717, 1.165) is 0 Å². The Morgan fingerprint density at radius 2 is 1.15 bits per heavy atom. The average molecular weight is 1040 g/mol. The summed E-state index contributed by atoms with van der Waals surface area (Å²) in [5, 5.41) is 0.272. The molecule has 0 spiro atoms. The van der Waals surface area contributed by atoms with Crippen LogP contribution < -0.4 is 13.3 Å². The van der Waals surface area contributed by atoms with Gasteiger partial charge in [-0.25, -0.2) is 0 Å². The summed E-state index contributed by atoms with van der Waals surface area (Å²) in [6, 6.07) is 0. The maximum absolute atomic E-state index is 5.52. The third-order valence-corrected chi connectivity index (χ3v) is 6.11. The summed E-state index contributed by atoms with van der Waals surface area (Å²) in [5.41, 5.74) is 0. The van der Waals surface area contributed by atoms with E-state index in [4.69, 9.17) is 51.6 Å². The van der Waals surface area contributed by atoms with Crippen LogP contribution in [0.2, 0.25) is 0 Å². The molecule has 1 radical (unpaired) electrons. The molecule has 0 aromatic heterocycles. The molecule has 34 heavy (non-hydrogen) atoms. The molecule has 8 atom stereocenters. The Morgan fingerprint density at radius 3 is 1.47 bits per heavy atom. The normalized spacial score (nSPS) is 31.7. The molecular formula is C20H41Br2Cl2I3O6V-2. The second-order valence-electron chi connectivity index (χ2n) is 6.55. The summed E-state index contributed by atoms with van der Waals surface area (Å²) in [6.07, 6.45) is 0.688. The van der Waals surface area contributed by atoms with Gasteiger partial charge in [0.25, 0.3) is 0 Å². The van der Waals surface area contributed by atoms with E-state index in [0.29, 0.717) is 38.3 Å². The molecule has 6 nitrogen and oxygen atoms in total.